The molecular weight excluding hydrogens is 162 g/mol. The van der Waals surface area contributed by atoms with E-state index in [1.54, 1.807) is 0 Å². The average Bonchev–Trinajstić information content (AvgIpc) is 1.16. The molecular formula is C4H10ClNO2S. The fourth-order valence-electron chi connectivity index (χ4n) is 0.565. The predicted molar refractivity (Wildman–Crippen MR) is 38.7 cm³/mol. The Labute approximate surface area is 61.2 Å². The number of rotatable bonds is 1. The summed E-state index contributed by atoms with van der Waals surface area (Å²) in [6.07, 6.45) is 1.28. The molecule has 1 fully saturated rings. The lowest BCUT2D eigenvalue weighted by Crippen LogP contribution is -2.51. The lowest BCUT2D eigenvalue weighted by Gasteiger charge is -2.24. The number of hydrogen-bond donors (Lipinski definition) is 1. The molecule has 1 aliphatic rings. The number of sulfone groups is 1. The highest BCUT2D eigenvalue weighted by atomic mass is 35.5. The van der Waals surface area contributed by atoms with Gasteiger partial charge in [-0.1, -0.05) is 0 Å². The van der Waals surface area contributed by atoms with Crippen molar-refractivity contribution >= 4 is 22.2 Å². The van der Waals surface area contributed by atoms with Crippen molar-refractivity contribution in [2.24, 2.45) is 0 Å². The molecule has 1 N–H and O–H groups in total. The van der Waals surface area contributed by atoms with Gasteiger partial charge in [-0.3, -0.25) is 0 Å². The van der Waals surface area contributed by atoms with Crippen LogP contribution in [0.4, 0.5) is 0 Å². The Hall–Kier alpha value is 0.200. The lowest BCUT2D eigenvalue weighted by atomic mass is 10.3. The van der Waals surface area contributed by atoms with Crippen molar-refractivity contribution in [1.82, 2.24) is 5.32 Å². The molecule has 1 aliphatic heterocycles. The van der Waals surface area contributed by atoms with Gasteiger partial charge in [0, 0.05) is 19.3 Å². The Kier molecular flexibility index (Phi) is 2.92. The zero-order chi connectivity index (χ0) is 6.20. The first-order valence-corrected chi connectivity index (χ1v) is 4.46. The summed E-state index contributed by atoms with van der Waals surface area (Å²) in [5.74, 6) is 0. The Morgan fingerprint density at radius 1 is 1.44 bits per heavy atom. The van der Waals surface area contributed by atoms with Crippen LogP contribution < -0.4 is 5.32 Å². The van der Waals surface area contributed by atoms with Gasteiger partial charge in [0.25, 0.3) is 0 Å². The molecule has 3 nitrogen and oxygen atoms in total. The Bertz CT molecular complexity index is 173. The van der Waals surface area contributed by atoms with Crippen LogP contribution in [0.2, 0.25) is 0 Å². The van der Waals surface area contributed by atoms with Crippen molar-refractivity contribution < 1.29 is 8.42 Å². The molecule has 0 unspecified atom stereocenters. The largest absolute Gasteiger partial charge is 0.314 e. The van der Waals surface area contributed by atoms with E-state index in [1.165, 1.54) is 6.26 Å². The molecule has 9 heavy (non-hydrogen) atoms. The third-order valence-corrected chi connectivity index (χ3v) is 2.89. The van der Waals surface area contributed by atoms with Crippen molar-refractivity contribution in [3.8, 4) is 0 Å². The number of halogens is 1. The van der Waals surface area contributed by atoms with Crippen LogP contribution in [0.25, 0.3) is 0 Å². The van der Waals surface area contributed by atoms with Crippen molar-refractivity contribution in [2.45, 2.75) is 5.25 Å². The first-order chi connectivity index (χ1) is 3.61. The van der Waals surface area contributed by atoms with Gasteiger partial charge in [-0.25, -0.2) is 8.42 Å². The Morgan fingerprint density at radius 3 is 1.89 bits per heavy atom. The molecule has 0 aromatic carbocycles. The van der Waals surface area contributed by atoms with Crippen LogP contribution in [-0.4, -0.2) is 33.0 Å². The molecule has 1 rings (SSSR count). The summed E-state index contributed by atoms with van der Waals surface area (Å²) < 4.78 is 21.1. The molecule has 1 saturated heterocycles. The minimum atomic E-state index is -2.73. The minimum Gasteiger partial charge on any atom is -0.314 e. The van der Waals surface area contributed by atoms with Crippen molar-refractivity contribution in [3.05, 3.63) is 0 Å². The van der Waals surface area contributed by atoms with Crippen molar-refractivity contribution in [1.29, 1.82) is 0 Å². The van der Waals surface area contributed by atoms with E-state index < -0.39 is 9.84 Å². The van der Waals surface area contributed by atoms with Gasteiger partial charge in [0.1, 0.15) is 0 Å². The van der Waals surface area contributed by atoms with E-state index in [0.717, 1.165) is 0 Å². The summed E-state index contributed by atoms with van der Waals surface area (Å²) in [6, 6.07) is 0. The summed E-state index contributed by atoms with van der Waals surface area (Å²) in [5, 5.41) is 2.78. The highest BCUT2D eigenvalue weighted by Gasteiger charge is 2.26. The fourth-order valence-corrected chi connectivity index (χ4v) is 1.41. The smallest absolute Gasteiger partial charge is 0.152 e. The van der Waals surface area contributed by atoms with Gasteiger partial charge >= 0.3 is 0 Å². The van der Waals surface area contributed by atoms with Crippen LogP contribution in [0.5, 0.6) is 0 Å². The highest BCUT2D eigenvalue weighted by molar-refractivity contribution is 7.91. The van der Waals surface area contributed by atoms with Gasteiger partial charge < -0.3 is 5.32 Å². The Balaban J connectivity index is 0.000000640. The second-order valence-electron chi connectivity index (χ2n) is 2.11. The SMILES string of the molecule is CS(=O)(=O)C1CNC1.Cl. The third-order valence-electron chi connectivity index (χ3n) is 1.35. The molecule has 0 atom stereocenters. The monoisotopic (exact) mass is 171 g/mol. The van der Waals surface area contributed by atoms with E-state index in [4.69, 9.17) is 0 Å². The Morgan fingerprint density at radius 2 is 1.89 bits per heavy atom. The average molecular weight is 172 g/mol. The van der Waals surface area contributed by atoms with Gasteiger partial charge in [-0.15, -0.1) is 12.4 Å². The zero-order valence-electron chi connectivity index (χ0n) is 5.12. The number of nitrogens with one attached hydrogen (secondary N) is 1. The molecule has 0 saturated carbocycles. The lowest BCUT2D eigenvalue weighted by molar-refractivity contribution is 0.499. The van der Waals surface area contributed by atoms with E-state index in [0.29, 0.717) is 13.1 Å². The molecule has 5 heteroatoms. The predicted octanol–water partition coefficient (Wildman–Crippen LogP) is -0.575. The number of hydrogen-bond acceptors (Lipinski definition) is 3. The fraction of sp³-hybridized carbons (Fsp3) is 1.00. The zero-order valence-corrected chi connectivity index (χ0v) is 6.76. The van der Waals surface area contributed by atoms with E-state index in [1.807, 2.05) is 0 Å². The maximum Gasteiger partial charge on any atom is 0.152 e. The molecule has 0 aromatic rings. The second-order valence-corrected chi connectivity index (χ2v) is 4.44. The quantitative estimate of drug-likeness (QED) is 0.575. The molecule has 0 radical (unpaired) electrons. The van der Waals surface area contributed by atoms with E-state index in [2.05, 4.69) is 5.32 Å². The summed E-state index contributed by atoms with van der Waals surface area (Å²) in [5.41, 5.74) is 0. The van der Waals surface area contributed by atoms with Crippen LogP contribution in [-0.2, 0) is 9.84 Å². The minimum absolute atomic E-state index is 0. The van der Waals surface area contributed by atoms with E-state index >= 15 is 0 Å². The summed E-state index contributed by atoms with van der Waals surface area (Å²) in [7, 11) is -2.73. The van der Waals surface area contributed by atoms with Gasteiger partial charge in [0.2, 0.25) is 0 Å². The van der Waals surface area contributed by atoms with Crippen LogP contribution >= 0.6 is 12.4 Å². The van der Waals surface area contributed by atoms with Crippen LogP contribution in [0.15, 0.2) is 0 Å². The molecule has 0 amide bonds. The summed E-state index contributed by atoms with van der Waals surface area (Å²) in [6.45, 7) is 1.28. The third kappa shape index (κ3) is 2.12. The topological polar surface area (TPSA) is 46.2 Å². The normalized spacial score (nSPS) is 20.1. The van der Waals surface area contributed by atoms with Crippen LogP contribution in [0.3, 0.4) is 0 Å². The molecule has 0 aliphatic carbocycles. The van der Waals surface area contributed by atoms with Crippen molar-refractivity contribution in [3.63, 3.8) is 0 Å². The first-order valence-electron chi connectivity index (χ1n) is 2.50. The van der Waals surface area contributed by atoms with Crippen LogP contribution in [0, 0.1) is 0 Å². The molecule has 1 heterocycles. The standard InChI is InChI=1S/C4H9NO2S.ClH/c1-8(6,7)4-2-5-3-4;/h4-5H,2-3H2,1H3;1H. The summed E-state index contributed by atoms with van der Waals surface area (Å²) >= 11 is 0. The maximum atomic E-state index is 10.6. The highest BCUT2D eigenvalue weighted by Crippen LogP contribution is 2.02. The van der Waals surface area contributed by atoms with Gasteiger partial charge in [0.15, 0.2) is 9.84 Å². The van der Waals surface area contributed by atoms with E-state index in [-0.39, 0.29) is 17.7 Å². The van der Waals surface area contributed by atoms with Crippen molar-refractivity contribution in [2.75, 3.05) is 19.3 Å². The van der Waals surface area contributed by atoms with Gasteiger partial charge in [0.05, 0.1) is 5.25 Å². The molecule has 0 aromatic heterocycles. The molecule has 0 spiro atoms. The van der Waals surface area contributed by atoms with Crippen LogP contribution in [0.1, 0.15) is 0 Å². The maximum absolute atomic E-state index is 10.6. The first kappa shape index (κ1) is 9.20. The van der Waals surface area contributed by atoms with Gasteiger partial charge in [-0.05, 0) is 0 Å². The molecule has 56 valence electrons. The second kappa shape index (κ2) is 2.86. The van der Waals surface area contributed by atoms with Gasteiger partial charge in [-0.2, -0.15) is 0 Å². The summed E-state index contributed by atoms with van der Waals surface area (Å²) in [4.78, 5) is 0. The molecule has 0 bridgehead atoms. The van der Waals surface area contributed by atoms with E-state index in [9.17, 15) is 8.42 Å².